The van der Waals surface area contributed by atoms with Gasteiger partial charge in [0.1, 0.15) is 0 Å². The molecule has 0 aliphatic carbocycles. The summed E-state index contributed by atoms with van der Waals surface area (Å²) in [5, 5.41) is 0. The van der Waals surface area contributed by atoms with E-state index in [2.05, 4.69) is 15.9 Å². The fourth-order valence-corrected chi connectivity index (χ4v) is 2.73. The van der Waals surface area contributed by atoms with E-state index < -0.39 is 5.97 Å². The number of rotatable bonds is 1. The second-order valence-electron chi connectivity index (χ2n) is 5.54. The van der Waals surface area contributed by atoms with E-state index >= 15 is 0 Å². The molecule has 0 fully saturated rings. The summed E-state index contributed by atoms with van der Waals surface area (Å²) >= 11 is 3.43. The third-order valence-corrected chi connectivity index (χ3v) is 3.93. The van der Waals surface area contributed by atoms with Gasteiger partial charge in [0.15, 0.2) is 0 Å². The molecule has 1 aromatic carbocycles. The molecule has 1 aliphatic heterocycles. The molecule has 0 saturated heterocycles. The number of ether oxygens (including phenoxy) is 1. The molecule has 0 bridgehead atoms. The van der Waals surface area contributed by atoms with Crippen molar-refractivity contribution < 1.29 is 14.3 Å². The highest BCUT2D eigenvalue weighted by molar-refractivity contribution is 9.10. The molecule has 0 atom stereocenters. The first-order valence-electron chi connectivity index (χ1n) is 5.98. The Morgan fingerprint density at radius 3 is 2.53 bits per heavy atom. The lowest BCUT2D eigenvalue weighted by atomic mass is 10.1. The summed E-state index contributed by atoms with van der Waals surface area (Å²) in [6, 6.07) is 3.31. The molecular formula is C14H16BrNO3. The van der Waals surface area contributed by atoms with Crippen LogP contribution in [0.2, 0.25) is 0 Å². The van der Waals surface area contributed by atoms with E-state index in [9.17, 15) is 9.59 Å². The van der Waals surface area contributed by atoms with E-state index in [1.165, 1.54) is 7.11 Å². The summed E-state index contributed by atoms with van der Waals surface area (Å²) in [5.74, 6) is -0.487. The topological polar surface area (TPSA) is 46.6 Å². The number of hydrogen-bond acceptors (Lipinski definition) is 3. The maximum atomic E-state index is 12.4. The van der Waals surface area contributed by atoms with Crippen LogP contribution in [0.15, 0.2) is 16.6 Å². The summed E-state index contributed by atoms with van der Waals surface area (Å²) in [5.41, 5.74) is 1.63. The van der Waals surface area contributed by atoms with Crippen molar-refractivity contribution in [2.75, 3.05) is 7.11 Å². The highest BCUT2D eigenvalue weighted by Crippen LogP contribution is 2.34. The molecule has 0 unspecified atom stereocenters. The third kappa shape index (κ3) is 2.39. The van der Waals surface area contributed by atoms with Crippen LogP contribution in [-0.4, -0.2) is 29.4 Å². The van der Waals surface area contributed by atoms with Gasteiger partial charge < -0.3 is 9.64 Å². The molecule has 0 aromatic heterocycles. The fraction of sp³-hybridized carbons (Fsp3) is 0.429. The summed E-state index contributed by atoms with van der Waals surface area (Å²) in [4.78, 5) is 25.8. The van der Waals surface area contributed by atoms with E-state index in [-0.39, 0.29) is 11.4 Å². The Kier molecular flexibility index (Phi) is 3.43. The SMILES string of the molecule is COC(=O)c1cc(Br)c2c(c1)C(=O)N(C(C)(C)C)C2. The summed E-state index contributed by atoms with van der Waals surface area (Å²) in [6.07, 6.45) is 0. The van der Waals surface area contributed by atoms with Crippen LogP contribution in [0.1, 0.15) is 47.1 Å². The Balaban J connectivity index is 2.50. The second-order valence-corrected chi connectivity index (χ2v) is 6.39. The molecule has 5 heteroatoms. The molecule has 4 nitrogen and oxygen atoms in total. The zero-order valence-corrected chi connectivity index (χ0v) is 13.0. The van der Waals surface area contributed by atoms with Crippen LogP contribution in [0.25, 0.3) is 0 Å². The number of amides is 1. The molecule has 0 saturated carbocycles. The van der Waals surface area contributed by atoms with Gasteiger partial charge in [-0.05, 0) is 38.5 Å². The van der Waals surface area contributed by atoms with Gasteiger partial charge in [0, 0.05) is 22.1 Å². The van der Waals surface area contributed by atoms with Crippen LogP contribution < -0.4 is 0 Å². The predicted octanol–water partition coefficient (Wildman–Crippen LogP) is 2.99. The Labute approximate surface area is 120 Å². The van der Waals surface area contributed by atoms with E-state index in [1.807, 2.05) is 20.8 Å². The van der Waals surface area contributed by atoms with Crippen molar-refractivity contribution >= 4 is 27.8 Å². The average Bonchev–Trinajstić information content (AvgIpc) is 2.66. The second kappa shape index (κ2) is 4.63. The fourth-order valence-electron chi connectivity index (χ4n) is 2.14. The maximum Gasteiger partial charge on any atom is 0.337 e. The summed E-state index contributed by atoms with van der Waals surface area (Å²) in [6.45, 7) is 6.53. The lowest BCUT2D eigenvalue weighted by molar-refractivity contribution is 0.0600. The van der Waals surface area contributed by atoms with Crippen molar-refractivity contribution in [1.82, 2.24) is 4.90 Å². The van der Waals surface area contributed by atoms with Crippen molar-refractivity contribution in [3.63, 3.8) is 0 Å². The first-order valence-corrected chi connectivity index (χ1v) is 6.77. The summed E-state index contributed by atoms with van der Waals surface area (Å²) in [7, 11) is 1.33. The van der Waals surface area contributed by atoms with Crippen LogP contribution in [0.3, 0.4) is 0 Å². The van der Waals surface area contributed by atoms with Crippen LogP contribution in [0.4, 0.5) is 0 Å². The van der Waals surface area contributed by atoms with Gasteiger partial charge in [-0.15, -0.1) is 0 Å². The molecular weight excluding hydrogens is 310 g/mol. The van der Waals surface area contributed by atoms with Crippen molar-refractivity contribution in [3.05, 3.63) is 33.3 Å². The largest absolute Gasteiger partial charge is 0.465 e. The van der Waals surface area contributed by atoms with E-state index in [0.717, 1.165) is 10.0 Å². The van der Waals surface area contributed by atoms with Crippen LogP contribution in [-0.2, 0) is 11.3 Å². The Morgan fingerprint density at radius 2 is 2.00 bits per heavy atom. The zero-order valence-electron chi connectivity index (χ0n) is 11.4. The smallest absolute Gasteiger partial charge is 0.337 e. The molecule has 1 heterocycles. The summed E-state index contributed by atoms with van der Waals surface area (Å²) < 4.78 is 5.46. The number of nitrogens with zero attached hydrogens (tertiary/aromatic N) is 1. The Hall–Kier alpha value is -1.36. The van der Waals surface area contributed by atoms with E-state index in [4.69, 9.17) is 4.74 Å². The standard InChI is InChI=1S/C14H16BrNO3/c1-14(2,3)16-7-10-9(12(16)17)5-8(6-11(10)15)13(18)19-4/h5-6H,7H2,1-4H3. The number of methoxy groups -OCH3 is 1. The molecule has 0 N–H and O–H groups in total. The Morgan fingerprint density at radius 1 is 1.37 bits per heavy atom. The number of fused-ring (bicyclic) bond motifs is 1. The number of carbonyl (C=O) groups is 2. The zero-order chi connectivity index (χ0) is 14.4. The van der Waals surface area contributed by atoms with E-state index in [0.29, 0.717) is 17.7 Å². The van der Waals surface area contributed by atoms with Crippen LogP contribution >= 0.6 is 15.9 Å². The van der Waals surface area contributed by atoms with Crippen LogP contribution in [0.5, 0.6) is 0 Å². The number of hydrogen-bond donors (Lipinski definition) is 0. The van der Waals surface area contributed by atoms with Gasteiger partial charge in [-0.3, -0.25) is 4.79 Å². The van der Waals surface area contributed by atoms with Gasteiger partial charge >= 0.3 is 5.97 Å². The normalized spacial score (nSPS) is 14.6. The number of carbonyl (C=O) groups excluding carboxylic acids is 2. The maximum absolute atomic E-state index is 12.4. The van der Waals surface area contributed by atoms with Crippen molar-refractivity contribution in [2.24, 2.45) is 0 Å². The monoisotopic (exact) mass is 325 g/mol. The lowest BCUT2D eigenvalue weighted by Gasteiger charge is -2.31. The molecule has 1 aromatic rings. The van der Waals surface area contributed by atoms with Crippen molar-refractivity contribution in [1.29, 1.82) is 0 Å². The van der Waals surface area contributed by atoms with E-state index in [1.54, 1.807) is 17.0 Å². The number of esters is 1. The van der Waals surface area contributed by atoms with Gasteiger partial charge in [0.25, 0.3) is 5.91 Å². The molecule has 1 amide bonds. The average molecular weight is 326 g/mol. The highest BCUT2D eigenvalue weighted by Gasteiger charge is 2.36. The number of benzene rings is 1. The minimum absolute atomic E-state index is 0.0473. The van der Waals surface area contributed by atoms with Gasteiger partial charge in [-0.2, -0.15) is 0 Å². The molecule has 19 heavy (non-hydrogen) atoms. The van der Waals surface area contributed by atoms with Crippen molar-refractivity contribution in [3.8, 4) is 0 Å². The predicted molar refractivity (Wildman–Crippen MR) is 75.1 cm³/mol. The lowest BCUT2D eigenvalue weighted by Crippen LogP contribution is -2.41. The first kappa shape index (κ1) is 14.1. The first-order chi connectivity index (χ1) is 8.75. The Bertz CT molecular complexity index is 561. The minimum Gasteiger partial charge on any atom is -0.465 e. The quantitative estimate of drug-likeness (QED) is 0.746. The van der Waals surface area contributed by atoms with Gasteiger partial charge in [-0.1, -0.05) is 15.9 Å². The minimum atomic E-state index is -0.439. The highest BCUT2D eigenvalue weighted by atomic mass is 79.9. The third-order valence-electron chi connectivity index (χ3n) is 3.22. The molecule has 0 radical (unpaired) electrons. The molecule has 1 aliphatic rings. The number of halogens is 1. The molecule has 2 rings (SSSR count). The van der Waals surface area contributed by atoms with Crippen LogP contribution in [0, 0.1) is 0 Å². The van der Waals surface area contributed by atoms with Gasteiger partial charge in [-0.25, -0.2) is 4.79 Å². The van der Waals surface area contributed by atoms with Crippen molar-refractivity contribution in [2.45, 2.75) is 32.9 Å². The van der Waals surface area contributed by atoms with Gasteiger partial charge in [0.05, 0.1) is 12.7 Å². The van der Waals surface area contributed by atoms with Gasteiger partial charge in [0.2, 0.25) is 0 Å². The molecule has 102 valence electrons. The molecule has 0 spiro atoms.